The summed E-state index contributed by atoms with van der Waals surface area (Å²) in [6, 6.07) is 9.22. The monoisotopic (exact) mass is 404 g/mol. The molecule has 3 N–H and O–H groups in total. The zero-order valence-corrected chi connectivity index (χ0v) is 16.6. The molecule has 6 heteroatoms. The number of quaternary nitrogens is 1. The third-order valence-corrected chi connectivity index (χ3v) is 6.01. The van der Waals surface area contributed by atoms with Crippen LogP contribution in [0.25, 0.3) is 0 Å². The Morgan fingerprint density at radius 3 is 2.10 bits per heavy atom. The van der Waals surface area contributed by atoms with Gasteiger partial charge in [0, 0.05) is 5.92 Å². The van der Waals surface area contributed by atoms with Gasteiger partial charge in [-0.1, -0.05) is 6.92 Å². The Morgan fingerprint density at radius 1 is 0.931 bits per heavy atom. The number of aliphatic hydroxyl groups excluding tert-OH is 1. The first-order valence-electron chi connectivity index (χ1n) is 10.4. The molecule has 2 aliphatic rings. The van der Waals surface area contributed by atoms with Gasteiger partial charge in [-0.3, -0.25) is 0 Å². The van der Waals surface area contributed by atoms with Crippen molar-refractivity contribution in [2.45, 2.75) is 50.9 Å². The molecule has 4 rings (SSSR count). The zero-order chi connectivity index (χ0) is 20.4. The molecule has 2 aromatic rings. The van der Waals surface area contributed by atoms with Crippen LogP contribution in [-0.4, -0.2) is 36.5 Å². The molecule has 4 nitrogen and oxygen atoms in total. The van der Waals surface area contributed by atoms with Crippen molar-refractivity contribution < 1.29 is 28.7 Å². The number of hydrogen-bond acceptors (Lipinski definition) is 3. The Hall–Kier alpha value is -2.18. The molecule has 1 unspecified atom stereocenters. The van der Waals surface area contributed by atoms with Crippen molar-refractivity contribution in [2.75, 3.05) is 13.1 Å². The lowest BCUT2D eigenvalue weighted by Gasteiger charge is -2.31. The van der Waals surface area contributed by atoms with Crippen molar-refractivity contribution >= 4 is 0 Å². The Kier molecular flexibility index (Phi) is 6.01. The van der Waals surface area contributed by atoms with Crippen molar-refractivity contribution in [1.82, 2.24) is 0 Å². The van der Waals surface area contributed by atoms with E-state index in [4.69, 9.17) is 9.47 Å². The Balaban J connectivity index is 1.24. The zero-order valence-electron chi connectivity index (χ0n) is 16.6. The highest BCUT2D eigenvalue weighted by molar-refractivity contribution is 5.36. The molecule has 0 bridgehead atoms. The van der Waals surface area contributed by atoms with Gasteiger partial charge in [-0.2, -0.15) is 0 Å². The van der Waals surface area contributed by atoms with Crippen LogP contribution >= 0.6 is 0 Å². The van der Waals surface area contributed by atoms with E-state index in [2.05, 4.69) is 12.2 Å². The third-order valence-electron chi connectivity index (χ3n) is 6.01. The van der Waals surface area contributed by atoms with Crippen LogP contribution in [0.2, 0.25) is 0 Å². The topological polar surface area (TPSA) is 55.3 Å². The fourth-order valence-corrected chi connectivity index (χ4v) is 4.26. The molecule has 0 fully saturated rings. The quantitative estimate of drug-likeness (QED) is 0.778. The molecule has 0 aromatic heterocycles. The second kappa shape index (κ2) is 8.67. The molecule has 2 heterocycles. The minimum absolute atomic E-state index is 0.0917. The van der Waals surface area contributed by atoms with Gasteiger partial charge < -0.3 is 19.9 Å². The van der Waals surface area contributed by atoms with E-state index in [-0.39, 0.29) is 23.8 Å². The maximum atomic E-state index is 13.3. The molecule has 4 atom stereocenters. The average Bonchev–Trinajstić information content (AvgIpc) is 2.72. The number of halogens is 2. The lowest BCUT2D eigenvalue weighted by Crippen LogP contribution is -2.88. The predicted molar refractivity (Wildman–Crippen MR) is 105 cm³/mol. The van der Waals surface area contributed by atoms with E-state index in [0.29, 0.717) is 31.1 Å². The third kappa shape index (κ3) is 4.70. The van der Waals surface area contributed by atoms with Gasteiger partial charge in [0.25, 0.3) is 0 Å². The molecule has 29 heavy (non-hydrogen) atoms. The smallest absolute Gasteiger partial charge is 0.139 e. The molecule has 156 valence electrons. The van der Waals surface area contributed by atoms with Gasteiger partial charge in [0.05, 0.1) is 6.54 Å². The van der Waals surface area contributed by atoms with E-state index in [0.717, 1.165) is 36.3 Å². The minimum Gasteiger partial charge on any atom is -0.490 e. The fraction of sp³-hybridized carbons (Fsp3) is 0.478. The van der Waals surface area contributed by atoms with E-state index in [9.17, 15) is 13.9 Å². The molecule has 2 aliphatic heterocycles. The van der Waals surface area contributed by atoms with Crippen LogP contribution in [0.4, 0.5) is 8.78 Å². The summed E-state index contributed by atoms with van der Waals surface area (Å²) in [4.78, 5) is 0. The maximum Gasteiger partial charge on any atom is 0.139 e. The maximum absolute atomic E-state index is 13.3. The average molecular weight is 404 g/mol. The van der Waals surface area contributed by atoms with Crippen molar-refractivity contribution in [2.24, 2.45) is 5.92 Å². The van der Waals surface area contributed by atoms with Crippen molar-refractivity contribution in [1.29, 1.82) is 0 Å². The van der Waals surface area contributed by atoms with E-state index >= 15 is 0 Å². The van der Waals surface area contributed by atoms with Gasteiger partial charge in [0.15, 0.2) is 0 Å². The molecular formula is C23H28F2NO3+. The summed E-state index contributed by atoms with van der Waals surface area (Å²) >= 11 is 0. The van der Waals surface area contributed by atoms with Gasteiger partial charge in [0.2, 0.25) is 0 Å². The normalized spacial score (nSPS) is 22.6. The number of benzene rings is 2. The number of fused-ring (bicyclic) bond motifs is 2. The number of aryl methyl sites for hydroxylation is 2. The van der Waals surface area contributed by atoms with Crippen LogP contribution in [-0.2, 0) is 12.8 Å². The number of ether oxygens (including phenoxy) is 2. The van der Waals surface area contributed by atoms with E-state index in [1.54, 1.807) is 18.2 Å². The Labute approximate surface area is 169 Å². The summed E-state index contributed by atoms with van der Waals surface area (Å²) in [5, 5.41) is 12.6. The van der Waals surface area contributed by atoms with Gasteiger partial charge in [-0.05, 0) is 73.2 Å². The fourth-order valence-electron chi connectivity index (χ4n) is 4.26. The summed E-state index contributed by atoms with van der Waals surface area (Å²) < 4.78 is 38.6. The molecule has 0 saturated heterocycles. The first kappa shape index (κ1) is 20.1. The summed E-state index contributed by atoms with van der Waals surface area (Å²) in [7, 11) is 0. The summed E-state index contributed by atoms with van der Waals surface area (Å²) in [6.45, 7) is 3.51. The predicted octanol–water partition coefficient (Wildman–Crippen LogP) is 2.61. The number of hydrogen-bond donors (Lipinski definition) is 2. The molecule has 0 spiro atoms. The lowest BCUT2D eigenvalue weighted by atomic mass is 9.94. The number of nitrogens with two attached hydrogens (primary N) is 1. The first-order valence-corrected chi connectivity index (χ1v) is 10.4. The van der Waals surface area contributed by atoms with Crippen LogP contribution in [0.15, 0.2) is 36.4 Å². The standard InChI is InChI=1S/C23H27F2NO3/c1-14(20-6-2-15-10-17(24)4-8-21(15)28-20)12-26-13-19(27)23-7-3-16-11-18(25)5-9-22(16)29-23/h4-5,8-11,14,19-20,23,26-27H,2-3,6-7,12-13H2,1H3/p+1/t14-,19-,20?,23+/m0/s1. The highest BCUT2D eigenvalue weighted by Crippen LogP contribution is 2.31. The van der Waals surface area contributed by atoms with Crippen LogP contribution in [0.1, 0.15) is 30.9 Å². The van der Waals surface area contributed by atoms with Gasteiger partial charge in [0.1, 0.15) is 48.0 Å². The highest BCUT2D eigenvalue weighted by atomic mass is 19.1. The van der Waals surface area contributed by atoms with Crippen LogP contribution in [0, 0.1) is 17.6 Å². The van der Waals surface area contributed by atoms with Crippen LogP contribution < -0.4 is 14.8 Å². The molecule has 0 amide bonds. The van der Waals surface area contributed by atoms with Crippen molar-refractivity contribution in [3.05, 3.63) is 59.2 Å². The molecule has 2 aromatic carbocycles. The second-order valence-electron chi connectivity index (χ2n) is 8.20. The summed E-state index contributed by atoms with van der Waals surface area (Å²) in [6.07, 6.45) is 2.31. The highest BCUT2D eigenvalue weighted by Gasteiger charge is 2.29. The van der Waals surface area contributed by atoms with Crippen LogP contribution in [0.5, 0.6) is 11.5 Å². The molecule has 0 radical (unpaired) electrons. The van der Waals surface area contributed by atoms with Crippen molar-refractivity contribution in [3.63, 3.8) is 0 Å². The first-order chi connectivity index (χ1) is 14.0. The van der Waals surface area contributed by atoms with E-state index in [1.165, 1.54) is 18.2 Å². The molecule has 0 aliphatic carbocycles. The van der Waals surface area contributed by atoms with E-state index in [1.807, 2.05) is 0 Å². The number of aliphatic hydroxyl groups is 1. The lowest BCUT2D eigenvalue weighted by molar-refractivity contribution is -0.668. The SMILES string of the molecule is C[C@@H](C[NH2+]C[C@H](O)[C@H]1CCc2cc(F)ccc2O1)C1CCc2cc(F)ccc2O1. The van der Waals surface area contributed by atoms with Gasteiger partial charge >= 0.3 is 0 Å². The molecule has 0 saturated carbocycles. The second-order valence-corrected chi connectivity index (χ2v) is 8.20. The minimum atomic E-state index is -0.587. The van der Waals surface area contributed by atoms with Crippen LogP contribution in [0.3, 0.4) is 0 Å². The van der Waals surface area contributed by atoms with Crippen molar-refractivity contribution in [3.8, 4) is 11.5 Å². The summed E-state index contributed by atoms with van der Waals surface area (Å²) in [5.74, 6) is 1.27. The molecular weight excluding hydrogens is 376 g/mol. The largest absolute Gasteiger partial charge is 0.490 e. The Morgan fingerprint density at radius 2 is 1.48 bits per heavy atom. The Bertz CT molecular complexity index is 791. The van der Waals surface area contributed by atoms with E-state index < -0.39 is 6.10 Å². The van der Waals surface area contributed by atoms with Gasteiger partial charge in [-0.25, -0.2) is 8.78 Å². The van der Waals surface area contributed by atoms with Gasteiger partial charge in [-0.15, -0.1) is 0 Å². The number of rotatable bonds is 6. The summed E-state index contributed by atoms with van der Waals surface area (Å²) in [5.41, 5.74) is 1.79.